The molecular formula is C14H18N2Y-2. The average Bonchev–Trinajstić information content (AvgIpc) is 2.72. The standard InChI is InChI=1S/C12H13N2.C2H5.Y/c13-10-6-3-5-9-8-4-1-2-7-11(8)14-12(9)10;1-2;/h1-2,4,7,10,13-14H,3,5-6H2;1H2,2H3;/q2*-1;. The van der Waals surface area contributed by atoms with Crippen molar-refractivity contribution < 1.29 is 32.7 Å². The maximum Gasteiger partial charge on any atom is 0.0458 e. The summed E-state index contributed by atoms with van der Waals surface area (Å²) in [7, 11) is 0. The van der Waals surface area contributed by atoms with Gasteiger partial charge in [0, 0.05) is 49.3 Å². The topological polar surface area (TPSA) is 39.6 Å². The molecule has 1 radical (unpaired) electrons. The molecule has 1 heterocycles. The van der Waals surface area contributed by atoms with Gasteiger partial charge in [0.25, 0.3) is 0 Å². The molecule has 2 nitrogen and oxygen atoms in total. The maximum atomic E-state index is 7.96. The van der Waals surface area contributed by atoms with Gasteiger partial charge in [0.05, 0.1) is 0 Å². The van der Waals surface area contributed by atoms with Crippen LogP contribution in [0.15, 0.2) is 24.3 Å². The molecule has 89 valence electrons. The summed E-state index contributed by atoms with van der Waals surface area (Å²) in [4.78, 5) is 3.38. The number of nitrogens with one attached hydrogen (secondary N) is 2. The Kier molecular flexibility index (Phi) is 5.84. The average molecular weight is 303 g/mol. The van der Waals surface area contributed by atoms with E-state index in [2.05, 4.69) is 30.1 Å². The van der Waals surface area contributed by atoms with Crippen LogP contribution in [0.2, 0.25) is 0 Å². The number of rotatable bonds is 0. The summed E-state index contributed by atoms with van der Waals surface area (Å²) >= 11 is 0. The monoisotopic (exact) mass is 303 g/mol. The third kappa shape index (κ3) is 2.81. The van der Waals surface area contributed by atoms with Gasteiger partial charge in [0.2, 0.25) is 0 Å². The van der Waals surface area contributed by atoms with Crippen molar-refractivity contribution in [3.05, 3.63) is 48.2 Å². The zero-order valence-corrected chi connectivity index (χ0v) is 13.1. The Morgan fingerprint density at radius 2 is 2.00 bits per heavy atom. The normalized spacial score (nSPS) is 17.7. The Morgan fingerprint density at radius 1 is 1.29 bits per heavy atom. The Hall–Kier alpha value is -0.176. The molecule has 1 aliphatic rings. The third-order valence-corrected chi connectivity index (χ3v) is 3.11. The number of aryl methyl sites for hydroxylation is 1. The van der Waals surface area contributed by atoms with E-state index < -0.39 is 0 Å². The van der Waals surface area contributed by atoms with Gasteiger partial charge in [-0.3, -0.25) is 0 Å². The molecule has 17 heavy (non-hydrogen) atoms. The fraction of sp³-hybridized carbons (Fsp3) is 0.357. The molecule has 3 rings (SSSR count). The van der Waals surface area contributed by atoms with E-state index in [-0.39, 0.29) is 38.8 Å². The molecule has 0 saturated heterocycles. The minimum absolute atomic E-state index is 0. The van der Waals surface area contributed by atoms with Crippen LogP contribution in [0.5, 0.6) is 0 Å². The number of benzene rings is 1. The summed E-state index contributed by atoms with van der Waals surface area (Å²) in [6.45, 7) is 5.00. The van der Waals surface area contributed by atoms with Crippen LogP contribution < -0.4 is 0 Å². The Labute approximate surface area is 128 Å². The smallest absolute Gasteiger partial charge is 0.0458 e. The van der Waals surface area contributed by atoms with Gasteiger partial charge in [-0.15, -0.1) is 0 Å². The quantitative estimate of drug-likeness (QED) is 0.699. The Morgan fingerprint density at radius 3 is 2.76 bits per heavy atom. The van der Waals surface area contributed by atoms with Crippen LogP contribution in [0.3, 0.4) is 0 Å². The zero-order chi connectivity index (χ0) is 11.5. The summed E-state index contributed by atoms with van der Waals surface area (Å²) < 4.78 is 0. The van der Waals surface area contributed by atoms with Crippen molar-refractivity contribution >= 4 is 10.9 Å². The summed E-state index contributed by atoms with van der Waals surface area (Å²) in [5.41, 5.74) is 11.7. The first-order valence-electron chi connectivity index (χ1n) is 5.87. The predicted octanol–water partition coefficient (Wildman–Crippen LogP) is 4.44. The second-order valence-electron chi connectivity index (χ2n) is 4.01. The van der Waals surface area contributed by atoms with Gasteiger partial charge in [-0.1, -0.05) is 37.1 Å². The summed E-state index contributed by atoms with van der Waals surface area (Å²) in [5, 5.41) is 1.32. The van der Waals surface area contributed by atoms with E-state index in [4.69, 9.17) is 5.73 Å². The molecule has 0 amide bonds. The minimum Gasteiger partial charge on any atom is -0.670 e. The molecule has 0 fully saturated rings. The Balaban J connectivity index is 0.000000459. The molecule has 0 spiro atoms. The summed E-state index contributed by atoms with van der Waals surface area (Å²) in [6, 6.07) is 8.34. The molecule has 1 aliphatic carbocycles. The van der Waals surface area contributed by atoms with Gasteiger partial charge < -0.3 is 17.6 Å². The fourth-order valence-electron chi connectivity index (χ4n) is 2.41. The van der Waals surface area contributed by atoms with Crippen molar-refractivity contribution in [2.75, 3.05) is 0 Å². The summed E-state index contributed by atoms with van der Waals surface area (Å²) in [5.74, 6) is 0. The van der Waals surface area contributed by atoms with Gasteiger partial charge in [0.15, 0.2) is 0 Å². The first-order chi connectivity index (χ1) is 7.86. The summed E-state index contributed by atoms with van der Waals surface area (Å²) in [6.07, 6.45) is 3.29. The molecule has 1 unspecified atom stereocenters. The van der Waals surface area contributed by atoms with E-state index in [0.29, 0.717) is 0 Å². The van der Waals surface area contributed by atoms with Gasteiger partial charge >= 0.3 is 0 Å². The first-order valence-corrected chi connectivity index (χ1v) is 5.87. The predicted molar refractivity (Wildman–Crippen MR) is 69.3 cm³/mol. The van der Waals surface area contributed by atoms with Crippen LogP contribution in [0, 0.1) is 6.92 Å². The van der Waals surface area contributed by atoms with Gasteiger partial charge in [-0.2, -0.15) is 6.92 Å². The van der Waals surface area contributed by atoms with Crippen LogP contribution >= 0.6 is 0 Å². The van der Waals surface area contributed by atoms with E-state index in [1.165, 1.54) is 16.5 Å². The van der Waals surface area contributed by atoms with Gasteiger partial charge in [0.1, 0.15) is 0 Å². The van der Waals surface area contributed by atoms with Crippen molar-refractivity contribution in [2.24, 2.45) is 0 Å². The number of H-pyrrole nitrogens is 1. The maximum absolute atomic E-state index is 7.96. The molecule has 2 N–H and O–H groups in total. The number of aromatic amines is 1. The first kappa shape index (κ1) is 14.9. The molecule has 1 aromatic carbocycles. The molecule has 0 saturated carbocycles. The van der Waals surface area contributed by atoms with Crippen LogP contribution in [0.25, 0.3) is 16.6 Å². The van der Waals surface area contributed by atoms with Crippen molar-refractivity contribution in [1.29, 1.82) is 0 Å². The second-order valence-corrected chi connectivity index (χ2v) is 4.01. The van der Waals surface area contributed by atoms with Gasteiger partial charge in [-0.25, -0.2) is 0 Å². The molecule has 2 aromatic rings. The number of para-hydroxylation sites is 1. The second kappa shape index (κ2) is 6.68. The SMILES string of the molecule is [CH2-]C.[NH-]C1CCCc2c1[nH]c1ccccc21.[Y]. The third-order valence-electron chi connectivity index (χ3n) is 3.11. The van der Waals surface area contributed by atoms with Crippen molar-refractivity contribution in [3.8, 4) is 0 Å². The molecular weight excluding hydrogens is 285 g/mol. The molecule has 0 aliphatic heterocycles. The van der Waals surface area contributed by atoms with Crippen LogP contribution in [0.4, 0.5) is 0 Å². The van der Waals surface area contributed by atoms with E-state index in [1.54, 1.807) is 6.92 Å². The van der Waals surface area contributed by atoms with E-state index in [1.807, 2.05) is 6.07 Å². The van der Waals surface area contributed by atoms with Crippen LogP contribution in [-0.4, -0.2) is 4.98 Å². The molecule has 0 bridgehead atoms. The van der Waals surface area contributed by atoms with E-state index in [0.717, 1.165) is 25.0 Å². The fourth-order valence-corrected chi connectivity index (χ4v) is 2.41. The van der Waals surface area contributed by atoms with E-state index >= 15 is 0 Å². The van der Waals surface area contributed by atoms with Crippen molar-refractivity contribution in [3.63, 3.8) is 0 Å². The molecule has 1 aromatic heterocycles. The van der Waals surface area contributed by atoms with Crippen LogP contribution in [-0.2, 0) is 39.1 Å². The van der Waals surface area contributed by atoms with E-state index in [9.17, 15) is 0 Å². The Bertz CT molecular complexity index is 476. The number of aromatic nitrogens is 1. The van der Waals surface area contributed by atoms with Crippen molar-refractivity contribution in [2.45, 2.75) is 32.2 Å². The number of hydrogen-bond donors (Lipinski definition) is 1. The van der Waals surface area contributed by atoms with Crippen LogP contribution in [0.1, 0.15) is 37.1 Å². The number of fused-ring (bicyclic) bond motifs is 3. The minimum atomic E-state index is -0.0360. The zero-order valence-electron chi connectivity index (χ0n) is 10.3. The largest absolute Gasteiger partial charge is 0.670 e. The molecule has 3 heteroatoms. The number of hydrogen-bond acceptors (Lipinski definition) is 0. The van der Waals surface area contributed by atoms with Gasteiger partial charge in [-0.05, 0) is 18.1 Å². The van der Waals surface area contributed by atoms with Crippen molar-refractivity contribution in [1.82, 2.24) is 4.98 Å². The molecule has 1 atom stereocenters.